The predicted octanol–water partition coefficient (Wildman–Crippen LogP) is 2.24. The summed E-state index contributed by atoms with van der Waals surface area (Å²) in [5.41, 5.74) is 0.994. The molecule has 1 aromatic heterocycles. The first kappa shape index (κ1) is 15.2. The number of nitro groups is 1. The van der Waals surface area contributed by atoms with E-state index in [9.17, 15) is 10.1 Å². The standard InChI is InChI=1S/C12H17ClN4O2/c1-4-16(3)12(9(2)17(18)19)15-8-10-5-6-11(13)14-7-10/h5-7,15H,4,8H2,1-3H3. The van der Waals surface area contributed by atoms with Gasteiger partial charge in [0.15, 0.2) is 5.82 Å². The third-order valence-electron chi connectivity index (χ3n) is 2.72. The summed E-state index contributed by atoms with van der Waals surface area (Å²) in [5, 5.41) is 14.4. The van der Waals surface area contributed by atoms with Gasteiger partial charge < -0.3 is 10.2 Å². The quantitative estimate of drug-likeness (QED) is 0.493. The van der Waals surface area contributed by atoms with Crippen molar-refractivity contribution in [2.45, 2.75) is 20.4 Å². The average Bonchev–Trinajstić information content (AvgIpc) is 2.40. The fourth-order valence-corrected chi connectivity index (χ4v) is 1.59. The van der Waals surface area contributed by atoms with Crippen molar-refractivity contribution >= 4 is 11.6 Å². The summed E-state index contributed by atoms with van der Waals surface area (Å²) in [6, 6.07) is 3.51. The molecule has 0 amide bonds. The fraction of sp³-hybridized carbons (Fsp3) is 0.417. The van der Waals surface area contributed by atoms with Crippen LogP contribution in [-0.4, -0.2) is 28.4 Å². The third-order valence-corrected chi connectivity index (χ3v) is 2.94. The normalized spacial score (nSPS) is 11.8. The lowest BCUT2D eigenvalue weighted by Crippen LogP contribution is -2.31. The van der Waals surface area contributed by atoms with Crippen molar-refractivity contribution in [2.24, 2.45) is 0 Å². The minimum absolute atomic E-state index is 0.0891. The molecule has 0 aliphatic carbocycles. The van der Waals surface area contributed by atoms with Gasteiger partial charge in [-0.25, -0.2) is 4.98 Å². The van der Waals surface area contributed by atoms with E-state index in [-0.39, 0.29) is 5.70 Å². The number of allylic oxidation sites excluding steroid dienone is 1. The first-order valence-corrected chi connectivity index (χ1v) is 6.24. The Labute approximate surface area is 117 Å². The molecule has 7 heteroatoms. The van der Waals surface area contributed by atoms with E-state index < -0.39 is 4.92 Å². The lowest BCUT2D eigenvalue weighted by molar-refractivity contribution is -0.427. The van der Waals surface area contributed by atoms with E-state index in [0.717, 1.165) is 5.56 Å². The maximum Gasteiger partial charge on any atom is 0.282 e. The van der Waals surface area contributed by atoms with Crippen LogP contribution in [0.4, 0.5) is 0 Å². The third kappa shape index (κ3) is 4.40. The van der Waals surface area contributed by atoms with Crippen LogP contribution in [0.3, 0.4) is 0 Å². The second-order valence-corrected chi connectivity index (χ2v) is 4.44. The zero-order valence-corrected chi connectivity index (χ0v) is 11.9. The van der Waals surface area contributed by atoms with E-state index >= 15 is 0 Å². The maximum absolute atomic E-state index is 10.9. The average molecular weight is 285 g/mol. The lowest BCUT2D eigenvalue weighted by atomic mass is 10.3. The van der Waals surface area contributed by atoms with Crippen LogP contribution in [-0.2, 0) is 6.54 Å². The molecular formula is C12H17ClN4O2. The highest BCUT2D eigenvalue weighted by Crippen LogP contribution is 2.09. The van der Waals surface area contributed by atoms with Crippen LogP contribution in [0.15, 0.2) is 29.8 Å². The highest BCUT2D eigenvalue weighted by atomic mass is 35.5. The predicted molar refractivity (Wildman–Crippen MR) is 74.1 cm³/mol. The Hall–Kier alpha value is -1.82. The Morgan fingerprint density at radius 3 is 2.74 bits per heavy atom. The Kier molecular flexibility index (Phi) is 5.57. The van der Waals surface area contributed by atoms with Crippen LogP contribution in [0, 0.1) is 10.1 Å². The second kappa shape index (κ2) is 6.94. The van der Waals surface area contributed by atoms with Gasteiger partial charge in [-0.3, -0.25) is 10.1 Å². The molecule has 0 aromatic carbocycles. The number of hydrogen-bond donors (Lipinski definition) is 1. The van der Waals surface area contributed by atoms with Crippen molar-refractivity contribution in [1.82, 2.24) is 15.2 Å². The molecular weight excluding hydrogens is 268 g/mol. The summed E-state index contributed by atoms with van der Waals surface area (Å²) in [4.78, 5) is 16.2. The molecule has 0 spiro atoms. The molecule has 104 valence electrons. The SMILES string of the molecule is CCN(C)C(NCc1ccc(Cl)nc1)=C(C)[N+](=O)[O-]. The van der Waals surface area contributed by atoms with Gasteiger partial charge in [0.2, 0.25) is 0 Å². The van der Waals surface area contributed by atoms with Gasteiger partial charge in [0.25, 0.3) is 5.70 Å². The highest BCUT2D eigenvalue weighted by molar-refractivity contribution is 6.29. The Bertz CT molecular complexity index is 473. The van der Waals surface area contributed by atoms with Gasteiger partial charge in [-0.1, -0.05) is 17.7 Å². The molecule has 1 aromatic rings. The van der Waals surface area contributed by atoms with Gasteiger partial charge in [0.1, 0.15) is 5.15 Å². The number of aromatic nitrogens is 1. The van der Waals surface area contributed by atoms with E-state index in [1.165, 1.54) is 6.92 Å². The molecule has 0 saturated carbocycles. The van der Waals surface area contributed by atoms with E-state index in [1.54, 1.807) is 24.2 Å². The number of pyridine rings is 1. The van der Waals surface area contributed by atoms with Crippen LogP contribution in [0.25, 0.3) is 0 Å². The molecule has 1 heterocycles. The van der Waals surface area contributed by atoms with E-state index in [1.807, 2.05) is 13.0 Å². The van der Waals surface area contributed by atoms with Crippen LogP contribution < -0.4 is 5.32 Å². The Morgan fingerprint density at radius 2 is 2.26 bits per heavy atom. The minimum atomic E-state index is -0.394. The Balaban J connectivity index is 2.82. The van der Waals surface area contributed by atoms with Gasteiger partial charge in [-0.15, -0.1) is 0 Å². The fourth-order valence-electron chi connectivity index (χ4n) is 1.48. The number of halogens is 1. The monoisotopic (exact) mass is 284 g/mol. The van der Waals surface area contributed by atoms with Crippen molar-refractivity contribution in [1.29, 1.82) is 0 Å². The van der Waals surface area contributed by atoms with Crippen LogP contribution in [0.1, 0.15) is 19.4 Å². The van der Waals surface area contributed by atoms with Crippen LogP contribution >= 0.6 is 11.6 Å². The number of nitrogens with one attached hydrogen (secondary N) is 1. The molecule has 19 heavy (non-hydrogen) atoms. The summed E-state index contributed by atoms with van der Waals surface area (Å²) in [7, 11) is 1.80. The van der Waals surface area contributed by atoms with Crippen molar-refractivity contribution in [2.75, 3.05) is 13.6 Å². The molecule has 0 atom stereocenters. The molecule has 0 saturated heterocycles. The molecule has 0 aliphatic rings. The van der Waals surface area contributed by atoms with Gasteiger partial charge in [0, 0.05) is 33.3 Å². The lowest BCUT2D eigenvalue weighted by Gasteiger charge is -2.21. The molecule has 1 N–H and O–H groups in total. The first-order valence-electron chi connectivity index (χ1n) is 5.86. The first-order chi connectivity index (χ1) is 8.95. The Morgan fingerprint density at radius 1 is 1.58 bits per heavy atom. The van der Waals surface area contributed by atoms with Gasteiger partial charge in [-0.05, 0) is 18.6 Å². The highest BCUT2D eigenvalue weighted by Gasteiger charge is 2.15. The molecule has 6 nitrogen and oxygen atoms in total. The van der Waals surface area contributed by atoms with E-state index in [0.29, 0.717) is 24.1 Å². The molecule has 1 rings (SSSR count). The van der Waals surface area contributed by atoms with Crippen molar-refractivity contribution in [3.8, 4) is 0 Å². The van der Waals surface area contributed by atoms with Gasteiger partial charge in [-0.2, -0.15) is 0 Å². The second-order valence-electron chi connectivity index (χ2n) is 4.05. The van der Waals surface area contributed by atoms with Gasteiger partial charge in [0.05, 0.1) is 4.92 Å². The van der Waals surface area contributed by atoms with Crippen LogP contribution in [0.5, 0.6) is 0 Å². The molecule has 0 unspecified atom stereocenters. The minimum Gasteiger partial charge on any atom is -0.362 e. The number of nitrogens with zero attached hydrogens (tertiary/aromatic N) is 3. The van der Waals surface area contributed by atoms with E-state index in [2.05, 4.69) is 10.3 Å². The van der Waals surface area contributed by atoms with Crippen molar-refractivity contribution < 1.29 is 4.92 Å². The summed E-state index contributed by atoms with van der Waals surface area (Å²) in [5.74, 6) is 0.502. The zero-order valence-electron chi connectivity index (χ0n) is 11.2. The molecule has 0 fully saturated rings. The van der Waals surface area contributed by atoms with E-state index in [4.69, 9.17) is 11.6 Å². The van der Waals surface area contributed by atoms with Crippen molar-refractivity contribution in [3.05, 3.63) is 50.7 Å². The maximum atomic E-state index is 10.9. The largest absolute Gasteiger partial charge is 0.362 e. The number of hydrogen-bond acceptors (Lipinski definition) is 5. The molecule has 0 bridgehead atoms. The molecule has 0 aliphatic heterocycles. The van der Waals surface area contributed by atoms with Gasteiger partial charge >= 0.3 is 0 Å². The summed E-state index contributed by atoms with van der Waals surface area (Å²) >= 11 is 5.70. The number of rotatable bonds is 6. The van der Waals surface area contributed by atoms with Crippen LogP contribution in [0.2, 0.25) is 5.15 Å². The molecule has 0 radical (unpaired) electrons. The van der Waals surface area contributed by atoms with Crippen molar-refractivity contribution in [3.63, 3.8) is 0 Å². The zero-order chi connectivity index (χ0) is 14.4. The summed E-state index contributed by atoms with van der Waals surface area (Å²) in [6.07, 6.45) is 1.64. The smallest absolute Gasteiger partial charge is 0.282 e. The summed E-state index contributed by atoms with van der Waals surface area (Å²) < 4.78 is 0. The summed E-state index contributed by atoms with van der Waals surface area (Å²) in [6.45, 7) is 4.54. The topological polar surface area (TPSA) is 71.3 Å².